The van der Waals surface area contributed by atoms with Crippen LogP contribution in [0.4, 0.5) is 5.69 Å². The molecule has 3 rings (SSSR count). The molecular weight excluding hydrogens is 376 g/mol. The zero-order valence-electron chi connectivity index (χ0n) is 16.2. The molecular formula is C21H24N2O4S. The number of phenolic OH excluding ortho intramolecular Hbond substituents is 1. The molecule has 0 radical (unpaired) electrons. The minimum Gasteiger partial charge on any atom is -0.508 e. The molecule has 0 aliphatic carbocycles. The molecule has 1 amide bonds. The zero-order chi connectivity index (χ0) is 20.3. The normalized spacial score (nSPS) is 19.3. The molecule has 2 aromatic carbocycles. The Morgan fingerprint density at radius 2 is 1.86 bits per heavy atom. The molecule has 7 heteroatoms. The van der Waals surface area contributed by atoms with Gasteiger partial charge in [-0.2, -0.15) is 0 Å². The highest BCUT2D eigenvalue weighted by Crippen LogP contribution is 2.46. The number of hydrogen-bond acceptors (Lipinski definition) is 6. The Kier molecular flexibility index (Phi) is 6.26. The number of nitrogens with zero attached hydrogens (tertiary/aromatic N) is 2. The van der Waals surface area contributed by atoms with Gasteiger partial charge in [0.1, 0.15) is 5.75 Å². The van der Waals surface area contributed by atoms with Gasteiger partial charge in [-0.15, -0.1) is 11.8 Å². The van der Waals surface area contributed by atoms with Crippen molar-refractivity contribution >= 4 is 29.3 Å². The van der Waals surface area contributed by atoms with Gasteiger partial charge in [0.15, 0.2) is 6.10 Å². The molecule has 28 heavy (non-hydrogen) atoms. The predicted octanol–water partition coefficient (Wildman–Crippen LogP) is 3.07. The molecule has 0 fully saturated rings. The summed E-state index contributed by atoms with van der Waals surface area (Å²) < 4.78 is 5.52. The predicted molar refractivity (Wildman–Crippen MR) is 110 cm³/mol. The number of amides is 1. The molecule has 6 nitrogen and oxygen atoms in total. The van der Waals surface area contributed by atoms with Crippen LogP contribution in [0.25, 0.3) is 0 Å². The summed E-state index contributed by atoms with van der Waals surface area (Å²) in [5, 5.41) is 9.21. The number of anilines is 1. The van der Waals surface area contributed by atoms with E-state index in [0.717, 1.165) is 16.1 Å². The number of carbonyl (C=O) groups excluding carboxylic acids is 2. The van der Waals surface area contributed by atoms with Crippen molar-refractivity contribution in [3.05, 3.63) is 54.1 Å². The van der Waals surface area contributed by atoms with Crippen molar-refractivity contribution in [3.8, 4) is 5.75 Å². The molecule has 2 atom stereocenters. The molecule has 148 valence electrons. The minimum absolute atomic E-state index is 0.144. The lowest BCUT2D eigenvalue weighted by Gasteiger charge is -2.28. The summed E-state index contributed by atoms with van der Waals surface area (Å²) in [4.78, 5) is 29.9. The van der Waals surface area contributed by atoms with Gasteiger partial charge in [0.2, 0.25) is 0 Å². The maximum Gasteiger partial charge on any atom is 0.303 e. The van der Waals surface area contributed by atoms with Crippen molar-refractivity contribution in [2.75, 3.05) is 32.1 Å². The van der Waals surface area contributed by atoms with E-state index in [-0.39, 0.29) is 11.7 Å². The number of esters is 1. The zero-order valence-corrected chi connectivity index (χ0v) is 17.0. The third-order valence-corrected chi connectivity index (χ3v) is 5.85. The number of ether oxygens (including phenoxy) is 1. The van der Waals surface area contributed by atoms with E-state index >= 15 is 0 Å². The second-order valence-electron chi connectivity index (χ2n) is 6.92. The minimum atomic E-state index is -0.957. The summed E-state index contributed by atoms with van der Waals surface area (Å²) in [5.41, 5.74) is 1.63. The average Bonchev–Trinajstić information content (AvgIpc) is 2.76. The molecule has 0 spiro atoms. The smallest absolute Gasteiger partial charge is 0.303 e. The number of hydrogen-bond donors (Lipinski definition) is 1. The quantitative estimate of drug-likeness (QED) is 0.778. The maximum absolute atomic E-state index is 13.5. The fraction of sp³-hybridized carbons (Fsp3) is 0.333. The molecule has 1 aliphatic heterocycles. The third kappa shape index (κ3) is 4.48. The second-order valence-corrected chi connectivity index (χ2v) is 8.10. The second kappa shape index (κ2) is 8.67. The standard InChI is InChI=1S/C21H24N2O4S/c1-14(24)27-19-20(15-8-10-16(25)11-9-15)28-18-7-5-4-6-17(18)23(21(19)26)13-12-22(2)3/h4-11,19-20,25H,12-13H2,1-3H3/t19-,20+/m0/s1. The van der Waals surface area contributed by atoms with Crippen LogP contribution in [0.15, 0.2) is 53.4 Å². The summed E-state index contributed by atoms with van der Waals surface area (Å²) >= 11 is 1.49. The lowest BCUT2D eigenvalue weighted by atomic mass is 10.1. The lowest BCUT2D eigenvalue weighted by Crippen LogP contribution is -2.45. The van der Waals surface area contributed by atoms with Gasteiger partial charge in [-0.3, -0.25) is 9.59 Å². The summed E-state index contributed by atoms with van der Waals surface area (Å²) in [6, 6.07) is 14.4. The number of para-hydroxylation sites is 1. The number of carbonyl (C=O) groups is 2. The highest BCUT2D eigenvalue weighted by Gasteiger charge is 2.40. The number of rotatable bonds is 5. The molecule has 1 N–H and O–H groups in total. The van der Waals surface area contributed by atoms with Crippen LogP contribution in [0, 0.1) is 0 Å². The van der Waals surface area contributed by atoms with Gasteiger partial charge in [0, 0.05) is 24.9 Å². The first-order chi connectivity index (χ1) is 13.4. The first-order valence-electron chi connectivity index (χ1n) is 9.05. The Balaban J connectivity index is 2.07. The molecule has 0 saturated heterocycles. The first kappa shape index (κ1) is 20.2. The van der Waals surface area contributed by atoms with E-state index in [4.69, 9.17) is 4.74 Å². The molecule has 0 aromatic heterocycles. The summed E-state index contributed by atoms with van der Waals surface area (Å²) in [7, 11) is 3.90. The van der Waals surface area contributed by atoms with E-state index in [0.29, 0.717) is 13.1 Å². The highest BCUT2D eigenvalue weighted by atomic mass is 32.2. The molecule has 1 aliphatic rings. The fourth-order valence-corrected chi connectivity index (χ4v) is 4.43. The van der Waals surface area contributed by atoms with Gasteiger partial charge < -0.3 is 19.6 Å². The third-order valence-electron chi connectivity index (χ3n) is 4.48. The largest absolute Gasteiger partial charge is 0.508 e. The van der Waals surface area contributed by atoms with Gasteiger partial charge in [-0.1, -0.05) is 24.3 Å². The van der Waals surface area contributed by atoms with Gasteiger partial charge in [0.05, 0.1) is 10.9 Å². The van der Waals surface area contributed by atoms with Crippen molar-refractivity contribution < 1.29 is 19.4 Å². The van der Waals surface area contributed by atoms with E-state index < -0.39 is 17.3 Å². The molecule has 2 aromatic rings. The lowest BCUT2D eigenvalue weighted by molar-refractivity contribution is -0.152. The molecule has 0 bridgehead atoms. The fourth-order valence-electron chi connectivity index (χ4n) is 3.11. The molecule has 1 heterocycles. The number of benzene rings is 2. The van der Waals surface area contributed by atoms with Crippen molar-refractivity contribution in [2.45, 2.75) is 23.2 Å². The molecule has 0 unspecified atom stereocenters. The van der Waals surface area contributed by atoms with Crippen LogP contribution in [0.3, 0.4) is 0 Å². The van der Waals surface area contributed by atoms with E-state index in [1.165, 1.54) is 18.7 Å². The van der Waals surface area contributed by atoms with Gasteiger partial charge in [-0.05, 0) is 43.9 Å². The maximum atomic E-state index is 13.5. The van der Waals surface area contributed by atoms with Crippen LogP contribution in [-0.2, 0) is 14.3 Å². The number of thioether (sulfide) groups is 1. The van der Waals surface area contributed by atoms with Crippen LogP contribution in [0.5, 0.6) is 5.75 Å². The van der Waals surface area contributed by atoms with Crippen LogP contribution in [0.2, 0.25) is 0 Å². The van der Waals surface area contributed by atoms with Crippen LogP contribution in [-0.4, -0.2) is 55.2 Å². The Morgan fingerprint density at radius 3 is 2.50 bits per heavy atom. The first-order valence-corrected chi connectivity index (χ1v) is 9.92. The van der Waals surface area contributed by atoms with Crippen LogP contribution >= 0.6 is 11.8 Å². The van der Waals surface area contributed by atoms with Crippen LogP contribution < -0.4 is 4.90 Å². The molecule has 0 saturated carbocycles. The number of phenols is 1. The Bertz CT molecular complexity index is 854. The number of aromatic hydroxyl groups is 1. The van der Waals surface area contributed by atoms with Gasteiger partial charge in [-0.25, -0.2) is 0 Å². The van der Waals surface area contributed by atoms with Gasteiger partial charge >= 0.3 is 5.97 Å². The summed E-state index contributed by atoms with van der Waals surface area (Å²) in [6.07, 6.45) is -0.957. The van der Waals surface area contributed by atoms with E-state index in [1.807, 2.05) is 43.3 Å². The van der Waals surface area contributed by atoms with Crippen molar-refractivity contribution in [3.63, 3.8) is 0 Å². The number of likely N-dealkylation sites (N-methyl/N-ethyl adjacent to an activating group) is 1. The van der Waals surface area contributed by atoms with Gasteiger partial charge in [0.25, 0.3) is 5.91 Å². The Morgan fingerprint density at radius 1 is 1.18 bits per heavy atom. The monoisotopic (exact) mass is 400 g/mol. The number of fused-ring (bicyclic) bond motifs is 1. The topological polar surface area (TPSA) is 70.1 Å². The van der Waals surface area contributed by atoms with Crippen molar-refractivity contribution in [2.24, 2.45) is 0 Å². The SMILES string of the molecule is CC(=O)O[C@@H]1C(=O)N(CCN(C)C)c2ccccc2S[C@@H]1c1ccc(O)cc1. The Hall–Kier alpha value is -2.51. The Labute approximate surface area is 169 Å². The highest BCUT2D eigenvalue weighted by molar-refractivity contribution is 7.99. The van der Waals surface area contributed by atoms with Crippen molar-refractivity contribution in [1.82, 2.24) is 4.90 Å². The average molecular weight is 401 g/mol. The van der Waals surface area contributed by atoms with Crippen LogP contribution in [0.1, 0.15) is 17.7 Å². The summed E-state index contributed by atoms with van der Waals surface area (Å²) in [6.45, 7) is 2.49. The van der Waals surface area contributed by atoms with E-state index in [2.05, 4.69) is 0 Å². The van der Waals surface area contributed by atoms with E-state index in [9.17, 15) is 14.7 Å². The summed E-state index contributed by atoms with van der Waals surface area (Å²) in [5.74, 6) is -0.598. The van der Waals surface area contributed by atoms with Crippen molar-refractivity contribution in [1.29, 1.82) is 0 Å². The van der Waals surface area contributed by atoms with E-state index in [1.54, 1.807) is 29.2 Å².